The first-order valence-electron chi connectivity index (χ1n) is 3.15. The molecule has 1 aromatic heterocycles. The molecule has 0 fully saturated rings. The van der Waals surface area contributed by atoms with Crippen molar-refractivity contribution < 1.29 is 19.8 Å². The van der Waals surface area contributed by atoms with Gasteiger partial charge in [0.15, 0.2) is 5.69 Å². The van der Waals surface area contributed by atoms with Crippen LogP contribution in [0.3, 0.4) is 0 Å². The Morgan fingerprint density at radius 3 is 2.38 bits per heavy atom. The number of hydrogen-bond donors (Lipinski definition) is 2. The lowest BCUT2D eigenvalue weighted by atomic mass is 10.2. The van der Waals surface area contributed by atoms with E-state index in [0.29, 0.717) is 0 Å². The highest BCUT2D eigenvalue weighted by Crippen LogP contribution is 2.19. The van der Waals surface area contributed by atoms with Crippen LogP contribution in [0.5, 0.6) is 0 Å². The minimum Gasteiger partial charge on any atom is -0.478 e. The van der Waals surface area contributed by atoms with Gasteiger partial charge in [0, 0.05) is 6.20 Å². The summed E-state index contributed by atoms with van der Waals surface area (Å²) in [5, 5.41) is 17.2. The quantitative estimate of drug-likeness (QED) is 0.819. The summed E-state index contributed by atoms with van der Waals surface area (Å²) in [5.74, 6) is -2.47. The molecule has 6 heteroatoms. The largest absolute Gasteiger partial charge is 0.478 e. The van der Waals surface area contributed by atoms with Crippen molar-refractivity contribution in [3.63, 3.8) is 0 Å². The zero-order chi connectivity index (χ0) is 10.0. The SMILES string of the molecule is O=C(O)c1ccnc(C(=O)O)c1Br. The monoisotopic (exact) mass is 245 g/mol. The fourth-order valence-electron chi connectivity index (χ4n) is 0.758. The lowest BCUT2D eigenvalue weighted by Crippen LogP contribution is -2.06. The molecule has 1 rings (SSSR count). The molecule has 0 aromatic carbocycles. The van der Waals surface area contributed by atoms with E-state index in [9.17, 15) is 9.59 Å². The second-order valence-electron chi connectivity index (χ2n) is 2.13. The minimum absolute atomic E-state index is 0.0185. The molecule has 1 heterocycles. The Balaban J connectivity index is 3.35. The van der Waals surface area contributed by atoms with Crippen LogP contribution in [0.4, 0.5) is 0 Å². The van der Waals surface area contributed by atoms with E-state index in [1.165, 1.54) is 6.07 Å². The lowest BCUT2D eigenvalue weighted by molar-refractivity contribution is 0.0689. The van der Waals surface area contributed by atoms with Crippen LogP contribution in [0.1, 0.15) is 20.8 Å². The molecule has 2 N–H and O–H groups in total. The molecule has 68 valence electrons. The van der Waals surface area contributed by atoms with Gasteiger partial charge in [0.1, 0.15) is 0 Å². The molecule has 0 radical (unpaired) electrons. The first-order chi connectivity index (χ1) is 6.04. The second kappa shape index (κ2) is 3.53. The molecule has 0 atom stereocenters. The number of nitrogens with zero attached hydrogens (tertiary/aromatic N) is 1. The van der Waals surface area contributed by atoms with Crippen LogP contribution in [0.2, 0.25) is 0 Å². The number of carboxylic acids is 2. The molecule has 0 aliphatic heterocycles. The maximum Gasteiger partial charge on any atom is 0.355 e. The van der Waals surface area contributed by atoms with E-state index in [1.807, 2.05) is 0 Å². The van der Waals surface area contributed by atoms with Crippen molar-refractivity contribution in [2.45, 2.75) is 0 Å². The van der Waals surface area contributed by atoms with E-state index in [2.05, 4.69) is 20.9 Å². The molecular weight excluding hydrogens is 242 g/mol. The summed E-state index contributed by atoms with van der Waals surface area (Å²) in [6, 6.07) is 1.22. The number of aromatic carboxylic acids is 2. The van der Waals surface area contributed by atoms with E-state index >= 15 is 0 Å². The molecule has 0 spiro atoms. The maximum absolute atomic E-state index is 10.5. The number of pyridine rings is 1. The van der Waals surface area contributed by atoms with Gasteiger partial charge < -0.3 is 10.2 Å². The summed E-state index contributed by atoms with van der Waals surface area (Å²) < 4.78 is -0.0185. The molecule has 5 nitrogen and oxygen atoms in total. The molecule has 0 unspecified atom stereocenters. The fourth-order valence-corrected chi connectivity index (χ4v) is 1.33. The van der Waals surface area contributed by atoms with Crippen molar-refractivity contribution in [2.24, 2.45) is 0 Å². The Labute approximate surface area is 81.2 Å². The summed E-state index contributed by atoms with van der Waals surface area (Å²) >= 11 is 2.86. The van der Waals surface area contributed by atoms with Crippen molar-refractivity contribution in [2.75, 3.05) is 0 Å². The van der Waals surface area contributed by atoms with E-state index in [1.54, 1.807) is 0 Å². The Kier molecular flexibility index (Phi) is 2.62. The molecule has 0 saturated heterocycles. The Morgan fingerprint density at radius 2 is 1.92 bits per heavy atom. The Bertz CT molecular complexity index is 345. The summed E-state index contributed by atoms with van der Waals surface area (Å²) in [7, 11) is 0. The zero-order valence-corrected chi connectivity index (χ0v) is 7.78. The van der Waals surface area contributed by atoms with Crippen LogP contribution >= 0.6 is 15.9 Å². The van der Waals surface area contributed by atoms with Gasteiger partial charge in [-0.3, -0.25) is 0 Å². The first-order valence-corrected chi connectivity index (χ1v) is 3.94. The molecule has 0 amide bonds. The number of carbonyl (C=O) groups is 2. The smallest absolute Gasteiger partial charge is 0.355 e. The minimum atomic E-state index is -1.27. The predicted octanol–water partition coefficient (Wildman–Crippen LogP) is 1.24. The highest BCUT2D eigenvalue weighted by molar-refractivity contribution is 9.10. The normalized spacial score (nSPS) is 9.62. The summed E-state index contributed by atoms with van der Waals surface area (Å²) in [6.45, 7) is 0. The van der Waals surface area contributed by atoms with Crippen molar-refractivity contribution in [3.05, 3.63) is 28.0 Å². The number of carboxylic acid groups (broad SMARTS) is 2. The number of halogens is 1. The molecule has 0 bridgehead atoms. The fraction of sp³-hybridized carbons (Fsp3) is 0. The molecular formula is C7H4BrNO4. The lowest BCUT2D eigenvalue weighted by Gasteiger charge is -2.00. The van der Waals surface area contributed by atoms with Gasteiger partial charge in [-0.05, 0) is 22.0 Å². The van der Waals surface area contributed by atoms with Gasteiger partial charge >= 0.3 is 11.9 Å². The van der Waals surface area contributed by atoms with E-state index in [0.717, 1.165) is 6.20 Å². The molecule has 1 aromatic rings. The first kappa shape index (κ1) is 9.66. The van der Waals surface area contributed by atoms with Gasteiger partial charge in [-0.25, -0.2) is 14.6 Å². The van der Waals surface area contributed by atoms with Gasteiger partial charge in [0.2, 0.25) is 0 Å². The third kappa shape index (κ3) is 1.83. The molecule has 0 saturated carbocycles. The van der Waals surface area contributed by atoms with Crippen molar-refractivity contribution in [1.82, 2.24) is 4.98 Å². The standard InChI is InChI=1S/C7H4BrNO4/c8-4-3(6(10)11)1-2-9-5(4)7(12)13/h1-2H,(H,10,11)(H,12,13). The zero-order valence-electron chi connectivity index (χ0n) is 6.19. The predicted molar refractivity (Wildman–Crippen MR) is 45.9 cm³/mol. The summed E-state index contributed by atoms with van der Waals surface area (Å²) in [6.07, 6.45) is 1.14. The Hall–Kier alpha value is -1.43. The van der Waals surface area contributed by atoms with Crippen molar-refractivity contribution in [3.8, 4) is 0 Å². The molecule has 13 heavy (non-hydrogen) atoms. The second-order valence-corrected chi connectivity index (χ2v) is 2.92. The number of rotatable bonds is 2. The van der Waals surface area contributed by atoms with Gasteiger partial charge in [-0.1, -0.05) is 0 Å². The van der Waals surface area contributed by atoms with E-state index in [4.69, 9.17) is 10.2 Å². The van der Waals surface area contributed by atoms with Crippen molar-refractivity contribution in [1.29, 1.82) is 0 Å². The van der Waals surface area contributed by atoms with Crippen LogP contribution < -0.4 is 0 Å². The highest BCUT2D eigenvalue weighted by atomic mass is 79.9. The van der Waals surface area contributed by atoms with Crippen LogP contribution in [0.25, 0.3) is 0 Å². The highest BCUT2D eigenvalue weighted by Gasteiger charge is 2.16. The van der Waals surface area contributed by atoms with Crippen LogP contribution in [0.15, 0.2) is 16.7 Å². The van der Waals surface area contributed by atoms with Gasteiger partial charge in [-0.2, -0.15) is 0 Å². The average molecular weight is 246 g/mol. The topological polar surface area (TPSA) is 87.5 Å². The van der Waals surface area contributed by atoms with Crippen molar-refractivity contribution >= 4 is 27.9 Å². The van der Waals surface area contributed by atoms with Gasteiger partial charge in [0.05, 0.1) is 10.0 Å². The maximum atomic E-state index is 10.5. The third-order valence-corrected chi connectivity index (χ3v) is 2.12. The summed E-state index contributed by atoms with van der Waals surface area (Å²) in [4.78, 5) is 24.6. The van der Waals surface area contributed by atoms with Crippen LogP contribution in [-0.2, 0) is 0 Å². The van der Waals surface area contributed by atoms with E-state index in [-0.39, 0.29) is 15.7 Å². The van der Waals surface area contributed by atoms with Gasteiger partial charge in [-0.15, -0.1) is 0 Å². The third-order valence-electron chi connectivity index (χ3n) is 1.32. The summed E-state index contributed by atoms with van der Waals surface area (Å²) in [5.41, 5.74) is -0.424. The van der Waals surface area contributed by atoms with Crippen LogP contribution in [-0.4, -0.2) is 27.1 Å². The Morgan fingerprint density at radius 1 is 1.31 bits per heavy atom. The van der Waals surface area contributed by atoms with Gasteiger partial charge in [0.25, 0.3) is 0 Å². The number of aromatic nitrogens is 1. The molecule has 0 aliphatic carbocycles. The number of hydrogen-bond acceptors (Lipinski definition) is 3. The molecule has 0 aliphatic rings. The van der Waals surface area contributed by atoms with Crippen LogP contribution in [0, 0.1) is 0 Å². The average Bonchev–Trinajstić information content (AvgIpc) is 2.03. The van der Waals surface area contributed by atoms with E-state index < -0.39 is 11.9 Å².